The molecule has 3 aliphatic rings. The van der Waals surface area contributed by atoms with E-state index in [1.807, 2.05) is 7.05 Å². The molecule has 16 nitrogen and oxygen atoms in total. The molecule has 0 aliphatic carbocycles. The number of aliphatic hydroxyl groups excluding tert-OH is 4. The van der Waals surface area contributed by atoms with Gasteiger partial charge in [0, 0.05) is 91.2 Å². The summed E-state index contributed by atoms with van der Waals surface area (Å²) in [6.07, 6.45) is 5.19. The number of carbonyl (C=O) groups excluding carboxylic acids is 1. The number of nitrogens with one attached hydrogen (secondary N) is 2. The van der Waals surface area contributed by atoms with Crippen LogP contribution in [0.3, 0.4) is 0 Å². The average Bonchev–Trinajstić information content (AvgIpc) is 3.54. The van der Waals surface area contributed by atoms with Gasteiger partial charge >= 0.3 is 5.79 Å². The Labute approximate surface area is 364 Å². The van der Waals surface area contributed by atoms with Crippen molar-refractivity contribution in [2.75, 3.05) is 37.5 Å². The van der Waals surface area contributed by atoms with Gasteiger partial charge in [0.25, 0.3) is 5.91 Å². The zero-order valence-corrected chi connectivity index (χ0v) is 37.1. The lowest BCUT2D eigenvalue weighted by molar-refractivity contribution is -0.112. The first-order valence-electron chi connectivity index (χ1n) is 21.4. The van der Waals surface area contributed by atoms with E-state index < -0.39 is 82.1 Å². The Morgan fingerprint density at radius 3 is 2.25 bits per heavy atom. The van der Waals surface area contributed by atoms with Gasteiger partial charge in [0.1, 0.15) is 22.7 Å². The summed E-state index contributed by atoms with van der Waals surface area (Å²) in [4.78, 5) is 49.5. The summed E-state index contributed by atoms with van der Waals surface area (Å²) in [7, 11) is 3.36. The number of hydrogen-bond donors (Lipinski definition) is 7. The first-order valence-corrected chi connectivity index (χ1v) is 21.4. The van der Waals surface area contributed by atoms with Crippen LogP contribution in [-0.2, 0) is 14.3 Å². The quantitative estimate of drug-likeness (QED) is 0.113. The number of fused-ring (bicyclic) bond motifs is 5. The van der Waals surface area contributed by atoms with Crippen molar-refractivity contribution < 1.29 is 49.0 Å². The fourth-order valence-corrected chi connectivity index (χ4v) is 9.09. The van der Waals surface area contributed by atoms with Gasteiger partial charge in [-0.25, -0.2) is 4.98 Å². The molecular formula is C47H58N4O12. The molecule has 0 spiro atoms. The number of benzene rings is 3. The van der Waals surface area contributed by atoms with Crippen LogP contribution in [0.4, 0.5) is 11.4 Å². The molecule has 1 saturated heterocycles. The number of hydrogen-bond acceptors (Lipinski definition) is 15. The molecule has 16 heteroatoms. The van der Waals surface area contributed by atoms with Crippen molar-refractivity contribution in [2.45, 2.75) is 97.6 Å². The highest BCUT2D eigenvalue weighted by Gasteiger charge is 2.44. The number of aromatic hydroxyl groups is 1. The molecule has 5 bridgehead atoms. The molecule has 9 atom stereocenters. The third-order valence-electron chi connectivity index (χ3n) is 13.4. The van der Waals surface area contributed by atoms with Crippen molar-refractivity contribution in [1.82, 2.24) is 10.3 Å². The third-order valence-corrected chi connectivity index (χ3v) is 13.4. The minimum atomic E-state index is -1.95. The van der Waals surface area contributed by atoms with E-state index in [4.69, 9.17) is 23.6 Å². The predicted molar refractivity (Wildman–Crippen MR) is 240 cm³/mol. The molecule has 3 aliphatic heterocycles. The van der Waals surface area contributed by atoms with Gasteiger partial charge in [-0.15, -0.1) is 0 Å². The summed E-state index contributed by atoms with van der Waals surface area (Å²) in [6.45, 7) is 12.7. The van der Waals surface area contributed by atoms with Crippen molar-refractivity contribution in [1.29, 1.82) is 0 Å². The van der Waals surface area contributed by atoms with Crippen molar-refractivity contribution in [3.05, 3.63) is 79.5 Å². The number of aliphatic hydroxyl groups is 4. The van der Waals surface area contributed by atoms with Crippen molar-refractivity contribution in [3.8, 4) is 11.5 Å². The SMILES string of the molecule is CNC1CCN(c2cc(=O)c3nc4c(oc3c2)c2c(=O)c3c(O)c(C)c5c(c34)=C(O)[C@@](C)(O/C=C/[C@H](OC)[C@@H](C)[C@@H](O)[C@H](C)[C@H](O)[C@H](C)[C@@H](O)[C@@H](C)/C=C/C=C(/C)C(=O)N2)O5)CC1. The fourth-order valence-electron chi connectivity index (χ4n) is 9.09. The van der Waals surface area contributed by atoms with Crippen molar-refractivity contribution in [2.24, 2.45) is 23.7 Å². The number of phenols is 1. The van der Waals surface area contributed by atoms with E-state index in [1.165, 1.54) is 52.4 Å². The van der Waals surface area contributed by atoms with Crippen LogP contribution in [0.5, 0.6) is 11.5 Å². The van der Waals surface area contributed by atoms with Gasteiger partial charge in [0.05, 0.1) is 41.3 Å². The molecule has 63 heavy (non-hydrogen) atoms. The van der Waals surface area contributed by atoms with Gasteiger partial charge in [-0.2, -0.15) is 0 Å². The number of phenolic OH excluding ortho intramolecular Hbond substituents is 1. The van der Waals surface area contributed by atoms with E-state index in [9.17, 15) is 39.9 Å². The zero-order valence-electron chi connectivity index (χ0n) is 37.1. The van der Waals surface area contributed by atoms with Crippen LogP contribution in [-0.4, -0.2) is 99.9 Å². The summed E-state index contributed by atoms with van der Waals surface area (Å²) in [6, 6.07) is 3.48. The van der Waals surface area contributed by atoms with E-state index in [2.05, 4.69) is 15.5 Å². The van der Waals surface area contributed by atoms with Crippen LogP contribution in [0, 0.1) is 30.6 Å². The van der Waals surface area contributed by atoms with Gasteiger partial charge in [0.15, 0.2) is 22.4 Å². The van der Waals surface area contributed by atoms with Crippen LogP contribution in [0.2, 0.25) is 0 Å². The second-order valence-electron chi connectivity index (χ2n) is 17.5. The lowest BCUT2D eigenvalue weighted by atomic mass is 9.78. The summed E-state index contributed by atoms with van der Waals surface area (Å²) in [5.74, 6) is -6.19. The maximum absolute atomic E-state index is 14.8. The number of ether oxygens (including phenoxy) is 3. The van der Waals surface area contributed by atoms with Crippen molar-refractivity contribution in [3.63, 3.8) is 0 Å². The normalized spacial score (nSPS) is 30.9. The third kappa shape index (κ3) is 8.03. The predicted octanol–water partition coefficient (Wildman–Crippen LogP) is 4.18. The summed E-state index contributed by atoms with van der Waals surface area (Å²) in [5, 5.41) is 63.4. The minimum Gasteiger partial charge on any atom is -0.507 e. The van der Waals surface area contributed by atoms with Crippen LogP contribution >= 0.6 is 0 Å². The Kier molecular flexibility index (Phi) is 12.7. The Hall–Kier alpha value is -5.52. The zero-order chi connectivity index (χ0) is 45.8. The highest BCUT2D eigenvalue weighted by Crippen LogP contribution is 2.42. The topological polar surface area (TPSA) is 233 Å². The Bertz CT molecular complexity index is 2720. The number of aromatic nitrogens is 1. The molecule has 1 amide bonds. The molecule has 4 aromatic rings. The van der Waals surface area contributed by atoms with Crippen LogP contribution in [0.15, 0.2) is 62.3 Å². The Morgan fingerprint density at radius 1 is 0.921 bits per heavy atom. The minimum absolute atomic E-state index is 0.0352. The number of rotatable bonds is 3. The Balaban J connectivity index is 1.48. The number of allylic oxidation sites excluding steroid dienone is 2. The van der Waals surface area contributed by atoms with Crippen molar-refractivity contribution >= 4 is 56.0 Å². The van der Waals surface area contributed by atoms with E-state index in [0.29, 0.717) is 24.8 Å². The molecule has 0 saturated carbocycles. The fraction of sp³-hybridized carbons (Fsp3) is 0.489. The highest BCUT2D eigenvalue weighted by atomic mass is 16.7. The number of carbonyl (C=O) groups is 1. The van der Waals surface area contributed by atoms with Gasteiger partial charge in [-0.3, -0.25) is 14.4 Å². The first kappa shape index (κ1) is 45.5. The Morgan fingerprint density at radius 2 is 1.59 bits per heavy atom. The molecule has 1 fully saturated rings. The molecule has 0 radical (unpaired) electrons. The summed E-state index contributed by atoms with van der Waals surface area (Å²) < 4.78 is 24.5. The number of anilines is 2. The number of methoxy groups -OCH3 is 1. The molecule has 7 rings (SSSR count). The number of nitrogens with zero attached hydrogens (tertiary/aromatic N) is 2. The van der Waals surface area contributed by atoms with Gasteiger partial charge in [-0.1, -0.05) is 45.9 Å². The largest absolute Gasteiger partial charge is 0.507 e. The lowest BCUT2D eigenvalue weighted by Crippen LogP contribution is -2.44. The summed E-state index contributed by atoms with van der Waals surface area (Å²) >= 11 is 0. The van der Waals surface area contributed by atoms with Crippen LogP contribution < -0.4 is 36.3 Å². The maximum Gasteiger partial charge on any atom is 0.307 e. The monoisotopic (exact) mass is 870 g/mol. The molecule has 7 N–H and O–H groups in total. The molecule has 4 heterocycles. The highest BCUT2D eigenvalue weighted by molar-refractivity contribution is 6.16. The van der Waals surface area contributed by atoms with Gasteiger partial charge < -0.3 is 59.7 Å². The van der Waals surface area contributed by atoms with Gasteiger partial charge in [-0.05, 0) is 39.8 Å². The molecule has 1 aromatic heterocycles. The van der Waals surface area contributed by atoms with E-state index >= 15 is 0 Å². The van der Waals surface area contributed by atoms with E-state index in [0.717, 1.165) is 12.8 Å². The average molecular weight is 871 g/mol. The smallest absolute Gasteiger partial charge is 0.307 e. The summed E-state index contributed by atoms with van der Waals surface area (Å²) in [5.41, 5.74) is -1.27. The number of amides is 1. The molecule has 3 aromatic carbocycles. The van der Waals surface area contributed by atoms with Gasteiger partial charge in [0.2, 0.25) is 10.9 Å². The second kappa shape index (κ2) is 17.6. The first-order chi connectivity index (χ1) is 29.8. The van der Waals surface area contributed by atoms with E-state index in [-0.39, 0.29) is 60.8 Å². The lowest BCUT2D eigenvalue weighted by Gasteiger charge is -2.36. The number of piperidine rings is 1. The van der Waals surface area contributed by atoms with Crippen LogP contribution in [0.25, 0.3) is 38.7 Å². The van der Waals surface area contributed by atoms with Crippen LogP contribution in [0.1, 0.15) is 59.9 Å². The molecule has 0 unspecified atom stereocenters. The maximum atomic E-state index is 14.8. The molecule has 338 valence electrons. The molecular weight excluding hydrogens is 813 g/mol. The second-order valence-corrected chi connectivity index (χ2v) is 17.5. The van der Waals surface area contributed by atoms with E-state index in [1.54, 1.807) is 45.9 Å². The standard InChI is InChI=1S/C47H58N4O12/c1-21-11-10-12-22(2)46(59)50-37-42(57)33-32(36-44(37)62-31-20-28(19-29(52)35(31)49-36)51-16-13-27(48-8)14-17-51)34-43(26(6)41(33)56)63-47(7,45(34)58)61-18-15-30(60-9)23(3)39(54)25(5)40(55)24(4)38(21)53/h10-12,15,18-21,23-25,27,30,38-40,48,53-56,58H,13-14,16-17H2,1-9H3,(H,50,59)/b11-10+,18-15+,22-12-/t21-,23+,24+,25-,30-,38-,39+,40+,47-/m0/s1.